The van der Waals surface area contributed by atoms with Crippen molar-refractivity contribution < 1.29 is 19.7 Å². The standard InChI is InChI=1S/C14H25NO4/c1-19-9-11(16)8-15-12-5-3-2-4-10(12)6-7-13(15)14(17)18/h10-13,16H,2-9H2,1H3,(H,17,18). The molecule has 0 aromatic rings. The Morgan fingerprint density at radius 3 is 2.74 bits per heavy atom. The van der Waals surface area contributed by atoms with Crippen LogP contribution in [0.15, 0.2) is 0 Å². The zero-order chi connectivity index (χ0) is 13.8. The number of carboxylic acids is 1. The molecule has 0 radical (unpaired) electrons. The van der Waals surface area contributed by atoms with Gasteiger partial charge in [-0.25, -0.2) is 0 Å². The second kappa shape index (κ2) is 6.68. The lowest BCUT2D eigenvalue weighted by Gasteiger charge is -2.47. The van der Waals surface area contributed by atoms with E-state index < -0.39 is 18.1 Å². The third kappa shape index (κ3) is 3.46. The average Bonchev–Trinajstić information content (AvgIpc) is 2.39. The predicted octanol–water partition coefficient (Wildman–Crippen LogP) is 1.10. The van der Waals surface area contributed by atoms with Crippen molar-refractivity contribution in [3.63, 3.8) is 0 Å². The lowest BCUT2D eigenvalue weighted by atomic mass is 9.76. The van der Waals surface area contributed by atoms with Crippen LogP contribution >= 0.6 is 0 Å². The number of carboxylic acid groups (broad SMARTS) is 1. The molecular formula is C14H25NO4. The van der Waals surface area contributed by atoms with E-state index in [1.54, 1.807) is 7.11 Å². The molecule has 0 amide bonds. The first-order valence-corrected chi connectivity index (χ1v) is 7.29. The van der Waals surface area contributed by atoms with Gasteiger partial charge < -0.3 is 14.9 Å². The number of ether oxygens (including phenoxy) is 1. The van der Waals surface area contributed by atoms with Crippen molar-refractivity contribution in [2.75, 3.05) is 20.3 Å². The van der Waals surface area contributed by atoms with Crippen LogP contribution in [0.2, 0.25) is 0 Å². The number of methoxy groups -OCH3 is 1. The summed E-state index contributed by atoms with van der Waals surface area (Å²) in [4.78, 5) is 13.5. The Morgan fingerprint density at radius 2 is 2.05 bits per heavy atom. The van der Waals surface area contributed by atoms with Gasteiger partial charge in [0.25, 0.3) is 0 Å². The van der Waals surface area contributed by atoms with Gasteiger partial charge in [-0.2, -0.15) is 0 Å². The van der Waals surface area contributed by atoms with Gasteiger partial charge >= 0.3 is 5.97 Å². The van der Waals surface area contributed by atoms with Crippen molar-refractivity contribution in [1.82, 2.24) is 4.90 Å². The van der Waals surface area contributed by atoms with E-state index in [2.05, 4.69) is 0 Å². The van der Waals surface area contributed by atoms with Gasteiger partial charge in [0.2, 0.25) is 0 Å². The first-order chi connectivity index (χ1) is 9.13. The first-order valence-electron chi connectivity index (χ1n) is 7.29. The molecule has 0 aromatic heterocycles. The molecule has 4 atom stereocenters. The van der Waals surface area contributed by atoms with Gasteiger partial charge in [0, 0.05) is 19.7 Å². The Hall–Kier alpha value is -0.650. The maximum absolute atomic E-state index is 11.4. The van der Waals surface area contributed by atoms with Crippen LogP contribution in [0.5, 0.6) is 0 Å². The molecule has 2 aliphatic rings. The molecular weight excluding hydrogens is 246 g/mol. The van der Waals surface area contributed by atoms with E-state index in [1.807, 2.05) is 4.90 Å². The van der Waals surface area contributed by atoms with Crippen molar-refractivity contribution in [3.8, 4) is 0 Å². The van der Waals surface area contributed by atoms with E-state index in [1.165, 1.54) is 19.3 Å². The van der Waals surface area contributed by atoms with Crippen molar-refractivity contribution in [1.29, 1.82) is 0 Å². The quantitative estimate of drug-likeness (QED) is 0.783. The molecule has 2 fully saturated rings. The van der Waals surface area contributed by atoms with Gasteiger partial charge in [-0.15, -0.1) is 0 Å². The number of piperidine rings is 1. The number of carbonyl (C=O) groups is 1. The van der Waals surface area contributed by atoms with E-state index in [4.69, 9.17) is 4.74 Å². The lowest BCUT2D eigenvalue weighted by molar-refractivity contribution is -0.149. The molecule has 5 nitrogen and oxygen atoms in total. The summed E-state index contributed by atoms with van der Waals surface area (Å²) in [5.74, 6) is -0.146. The number of aliphatic hydroxyl groups is 1. The van der Waals surface area contributed by atoms with E-state index in [-0.39, 0.29) is 6.61 Å². The largest absolute Gasteiger partial charge is 0.480 e. The molecule has 0 bridgehead atoms. The molecule has 19 heavy (non-hydrogen) atoms. The Balaban J connectivity index is 2.07. The molecule has 110 valence electrons. The monoisotopic (exact) mass is 271 g/mol. The number of β-amino-alcohol motifs (C(OH)–C–C–N with tert-alkyl or cyclic N) is 1. The van der Waals surface area contributed by atoms with Crippen molar-refractivity contribution in [2.24, 2.45) is 5.92 Å². The van der Waals surface area contributed by atoms with Crippen LogP contribution < -0.4 is 0 Å². The van der Waals surface area contributed by atoms with Gasteiger partial charge in [-0.05, 0) is 31.6 Å². The predicted molar refractivity (Wildman–Crippen MR) is 71.0 cm³/mol. The zero-order valence-electron chi connectivity index (χ0n) is 11.6. The van der Waals surface area contributed by atoms with Gasteiger partial charge in [-0.1, -0.05) is 12.8 Å². The molecule has 1 saturated carbocycles. The van der Waals surface area contributed by atoms with Crippen LogP contribution in [0.4, 0.5) is 0 Å². The summed E-state index contributed by atoms with van der Waals surface area (Å²) in [6, 6.07) is -0.110. The minimum Gasteiger partial charge on any atom is -0.480 e. The number of aliphatic hydroxyl groups excluding tert-OH is 1. The van der Waals surface area contributed by atoms with Crippen molar-refractivity contribution in [2.45, 2.75) is 56.7 Å². The fourth-order valence-corrected chi connectivity index (χ4v) is 3.75. The van der Waals surface area contributed by atoms with Crippen LogP contribution in [0.1, 0.15) is 38.5 Å². The van der Waals surface area contributed by atoms with Crippen LogP contribution in [0.3, 0.4) is 0 Å². The summed E-state index contributed by atoms with van der Waals surface area (Å²) in [5.41, 5.74) is 0. The topological polar surface area (TPSA) is 70.0 Å². The van der Waals surface area contributed by atoms with Crippen LogP contribution in [0.25, 0.3) is 0 Å². The molecule has 5 heteroatoms. The van der Waals surface area contributed by atoms with Gasteiger partial charge in [0.1, 0.15) is 6.04 Å². The van der Waals surface area contributed by atoms with Gasteiger partial charge in [-0.3, -0.25) is 9.69 Å². The molecule has 1 aliphatic heterocycles. The van der Waals surface area contributed by atoms with Gasteiger partial charge in [0.15, 0.2) is 0 Å². The first kappa shape index (κ1) is 14.8. The SMILES string of the molecule is COCC(O)CN1C(C(=O)O)CCC2CCCCC21. The second-order valence-electron chi connectivity index (χ2n) is 5.85. The number of fused-ring (bicyclic) bond motifs is 1. The Morgan fingerprint density at radius 1 is 1.32 bits per heavy atom. The number of nitrogens with zero attached hydrogens (tertiary/aromatic N) is 1. The van der Waals surface area contributed by atoms with Crippen LogP contribution in [-0.4, -0.2) is 59.5 Å². The minimum atomic E-state index is -0.756. The summed E-state index contributed by atoms with van der Waals surface area (Å²) in [5, 5.41) is 19.3. The third-order valence-corrected chi connectivity index (χ3v) is 4.57. The van der Waals surface area contributed by atoms with E-state index in [9.17, 15) is 15.0 Å². The van der Waals surface area contributed by atoms with Crippen LogP contribution in [0, 0.1) is 5.92 Å². The maximum atomic E-state index is 11.4. The number of hydrogen-bond donors (Lipinski definition) is 2. The summed E-state index contributed by atoms with van der Waals surface area (Å²) in [7, 11) is 1.55. The number of rotatable bonds is 5. The average molecular weight is 271 g/mol. The van der Waals surface area contributed by atoms with Gasteiger partial charge in [0.05, 0.1) is 12.7 Å². The smallest absolute Gasteiger partial charge is 0.320 e. The normalized spacial score (nSPS) is 33.7. The highest BCUT2D eigenvalue weighted by atomic mass is 16.5. The maximum Gasteiger partial charge on any atom is 0.320 e. The van der Waals surface area contributed by atoms with E-state index >= 15 is 0 Å². The molecule has 1 aliphatic carbocycles. The highest BCUT2D eigenvalue weighted by molar-refractivity contribution is 5.73. The summed E-state index contributed by atoms with van der Waals surface area (Å²) >= 11 is 0. The summed E-state index contributed by atoms with van der Waals surface area (Å²) < 4.78 is 4.95. The third-order valence-electron chi connectivity index (χ3n) is 4.57. The Bertz CT molecular complexity index is 310. The molecule has 0 aromatic carbocycles. The number of aliphatic carboxylic acids is 1. The molecule has 1 saturated heterocycles. The minimum absolute atomic E-state index is 0.264. The second-order valence-corrected chi connectivity index (χ2v) is 5.85. The van der Waals surface area contributed by atoms with E-state index in [0.717, 1.165) is 12.8 Å². The van der Waals surface area contributed by atoms with Crippen molar-refractivity contribution >= 4 is 5.97 Å². The number of hydrogen-bond acceptors (Lipinski definition) is 4. The molecule has 1 heterocycles. The summed E-state index contributed by atoms with van der Waals surface area (Å²) in [6.45, 7) is 0.673. The fourth-order valence-electron chi connectivity index (χ4n) is 3.75. The molecule has 0 spiro atoms. The van der Waals surface area contributed by atoms with Crippen molar-refractivity contribution in [3.05, 3.63) is 0 Å². The fraction of sp³-hybridized carbons (Fsp3) is 0.929. The van der Waals surface area contributed by atoms with Crippen LogP contribution in [-0.2, 0) is 9.53 Å². The van der Waals surface area contributed by atoms with E-state index in [0.29, 0.717) is 24.9 Å². The zero-order valence-corrected chi connectivity index (χ0v) is 11.6. The highest BCUT2D eigenvalue weighted by Crippen LogP contribution is 2.37. The molecule has 2 rings (SSSR count). The summed E-state index contributed by atoms with van der Waals surface area (Å²) in [6.07, 6.45) is 5.81. The Labute approximate surface area is 114 Å². The Kier molecular flexibility index (Phi) is 5.19. The number of likely N-dealkylation sites (tertiary alicyclic amines) is 1. The molecule has 4 unspecified atom stereocenters. The highest BCUT2D eigenvalue weighted by Gasteiger charge is 2.41. The lowest BCUT2D eigenvalue weighted by Crippen LogP contribution is -2.57. The molecule has 2 N–H and O–H groups in total.